The number of aromatic nitrogens is 1. The molecule has 0 aliphatic heterocycles. The van der Waals surface area contributed by atoms with Crippen LogP contribution in [0.4, 0.5) is 0 Å². The topological polar surface area (TPSA) is 56.0 Å². The summed E-state index contributed by atoms with van der Waals surface area (Å²) in [6.07, 6.45) is 0.192. The number of rotatable bonds is 2. The van der Waals surface area contributed by atoms with E-state index in [2.05, 4.69) is 37.9 Å². The molecule has 1 aromatic carbocycles. The van der Waals surface area contributed by atoms with Gasteiger partial charge in [0.25, 0.3) is 0 Å². The summed E-state index contributed by atoms with van der Waals surface area (Å²) in [5, 5.41) is 1.14. The van der Waals surface area contributed by atoms with Crippen molar-refractivity contribution in [3.05, 3.63) is 41.1 Å². The van der Waals surface area contributed by atoms with Gasteiger partial charge in [-0.3, -0.25) is 9.78 Å². The third kappa shape index (κ3) is 2.92. The molecule has 3 nitrogen and oxygen atoms in total. The van der Waals surface area contributed by atoms with Crippen molar-refractivity contribution in [2.24, 2.45) is 5.73 Å². The molecule has 0 atom stereocenters. The van der Waals surface area contributed by atoms with Crippen LogP contribution in [0.5, 0.6) is 0 Å². The molecule has 1 aromatic heterocycles. The molecule has 1 heterocycles. The SMILES string of the molecule is Cc1cc(CC(N)=O)nc2ccc(C(C)(C)C)cc12. The molecule has 2 N–H and O–H groups in total. The normalized spacial score (nSPS) is 11.8. The maximum absolute atomic E-state index is 11.0. The molecular weight excluding hydrogens is 236 g/mol. The Morgan fingerprint density at radius 1 is 1.26 bits per heavy atom. The van der Waals surface area contributed by atoms with Gasteiger partial charge in [0.1, 0.15) is 0 Å². The molecule has 0 aliphatic rings. The first-order chi connectivity index (χ1) is 8.77. The molecule has 100 valence electrons. The molecule has 19 heavy (non-hydrogen) atoms. The second-order valence-electron chi connectivity index (χ2n) is 6.06. The number of carbonyl (C=O) groups is 1. The van der Waals surface area contributed by atoms with Gasteiger partial charge in [-0.15, -0.1) is 0 Å². The van der Waals surface area contributed by atoms with Crippen molar-refractivity contribution in [2.75, 3.05) is 0 Å². The van der Waals surface area contributed by atoms with Crippen LogP contribution >= 0.6 is 0 Å². The lowest BCUT2D eigenvalue weighted by Crippen LogP contribution is -2.15. The number of nitrogens with zero attached hydrogens (tertiary/aromatic N) is 1. The van der Waals surface area contributed by atoms with Crippen molar-refractivity contribution in [1.29, 1.82) is 0 Å². The number of nitrogens with two attached hydrogens (primary N) is 1. The molecule has 0 spiro atoms. The summed E-state index contributed by atoms with van der Waals surface area (Å²) in [4.78, 5) is 15.5. The van der Waals surface area contributed by atoms with Crippen molar-refractivity contribution in [3.63, 3.8) is 0 Å². The summed E-state index contributed by atoms with van der Waals surface area (Å²) in [5.41, 5.74) is 9.41. The summed E-state index contributed by atoms with van der Waals surface area (Å²) >= 11 is 0. The van der Waals surface area contributed by atoms with E-state index in [1.807, 2.05) is 19.1 Å². The molecule has 3 heteroatoms. The van der Waals surface area contributed by atoms with Gasteiger partial charge < -0.3 is 5.73 Å². The first kappa shape index (κ1) is 13.5. The largest absolute Gasteiger partial charge is 0.369 e. The van der Waals surface area contributed by atoms with Crippen LogP contribution in [-0.4, -0.2) is 10.9 Å². The number of carbonyl (C=O) groups excluding carboxylic acids is 1. The highest BCUT2D eigenvalue weighted by Crippen LogP contribution is 2.27. The molecule has 2 rings (SSSR count). The standard InChI is InChI=1S/C16H20N2O/c1-10-7-12(9-15(17)19)18-14-6-5-11(8-13(10)14)16(2,3)4/h5-8H,9H2,1-4H3,(H2,17,19). The van der Waals surface area contributed by atoms with E-state index in [4.69, 9.17) is 5.73 Å². The number of aryl methyl sites for hydroxylation is 1. The van der Waals surface area contributed by atoms with Crippen LogP contribution in [0.15, 0.2) is 24.3 Å². The van der Waals surface area contributed by atoms with E-state index in [1.54, 1.807) is 0 Å². The van der Waals surface area contributed by atoms with Crippen LogP contribution in [0.3, 0.4) is 0 Å². The van der Waals surface area contributed by atoms with Crippen molar-refractivity contribution in [3.8, 4) is 0 Å². The Hall–Kier alpha value is -1.90. The van der Waals surface area contributed by atoms with Crippen LogP contribution in [0.2, 0.25) is 0 Å². The molecule has 1 amide bonds. The Labute approximate surface area is 113 Å². The van der Waals surface area contributed by atoms with Gasteiger partial charge in [-0.25, -0.2) is 0 Å². The maximum Gasteiger partial charge on any atom is 0.223 e. The highest BCUT2D eigenvalue weighted by atomic mass is 16.1. The van der Waals surface area contributed by atoms with E-state index in [0.717, 1.165) is 22.2 Å². The number of hydrogen-bond acceptors (Lipinski definition) is 2. The van der Waals surface area contributed by atoms with Crippen molar-refractivity contribution >= 4 is 16.8 Å². The first-order valence-electron chi connectivity index (χ1n) is 6.46. The van der Waals surface area contributed by atoms with Crippen LogP contribution < -0.4 is 5.73 Å². The predicted molar refractivity (Wildman–Crippen MR) is 78.1 cm³/mol. The zero-order valence-electron chi connectivity index (χ0n) is 11.9. The summed E-state index contributed by atoms with van der Waals surface area (Å²) in [5.74, 6) is -0.349. The Morgan fingerprint density at radius 3 is 2.53 bits per heavy atom. The lowest BCUT2D eigenvalue weighted by molar-refractivity contribution is -0.117. The lowest BCUT2D eigenvalue weighted by Gasteiger charge is -2.20. The molecule has 0 unspecified atom stereocenters. The van der Waals surface area contributed by atoms with E-state index in [-0.39, 0.29) is 17.7 Å². The quantitative estimate of drug-likeness (QED) is 0.898. The first-order valence-corrected chi connectivity index (χ1v) is 6.46. The van der Waals surface area contributed by atoms with Crippen molar-refractivity contribution in [1.82, 2.24) is 4.98 Å². The molecule has 0 saturated carbocycles. The minimum atomic E-state index is -0.349. The van der Waals surface area contributed by atoms with Gasteiger partial charge in [0, 0.05) is 5.39 Å². The smallest absolute Gasteiger partial charge is 0.223 e. The van der Waals surface area contributed by atoms with Crippen LogP contribution in [0, 0.1) is 6.92 Å². The molecular formula is C16H20N2O. The third-order valence-electron chi connectivity index (χ3n) is 3.29. The fourth-order valence-electron chi connectivity index (χ4n) is 2.20. The number of hydrogen-bond donors (Lipinski definition) is 1. The molecule has 0 aliphatic carbocycles. The predicted octanol–water partition coefficient (Wildman–Crippen LogP) is 2.87. The van der Waals surface area contributed by atoms with E-state index in [9.17, 15) is 4.79 Å². The Bertz CT molecular complexity index is 639. The Morgan fingerprint density at radius 2 is 1.95 bits per heavy atom. The van der Waals surface area contributed by atoms with Gasteiger partial charge in [-0.1, -0.05) is 26.8 Å². The number of pyridine rings is 1. The molecule has 0 fully saturated rings. The zero-order valence-corrected chi connectivity index (χ0v) is 11.9. The molecule has 0 saturated heterocycles. The Balaban J connectivity index is 2.57. The summed E-state index contributed by atoms with van der Waals surface area (Å²) in [6.45, 7) is 8.62. The van der Waals surface area contributed by atoms with E-state index in [1.165, 1.54) is 5.56 Å². The Kier molecular flexibility index (Phi) is 3.31. The second-order valence-corrected chi connectivity index (χ2v) is 6.06. The van der Waals surface area contributed by atoms with Gasteiger partial charge in [-0.2, -0.15) is 0 Å². The van der Waals surface area contributed by atoms with Crippen LogP contribution in [0.25, 0.3) is 10.9 Å². The lowest BCUT2D eigenvalue weighted by atomic mass is 9.86. The molecule has 0 bridgehead atoms. The highest BCUT2D eigenvalue weighted by Gasteiger charge is 2.15. The fourth-order valence-corrected chi connectivity index (χ4v) is 2.20. The number of primary amides is 1. The van der Waals surface area contributed by atoms with Gasteiger partial charge in [0.15, 0.2) is 0 Å². The fraction of sp³-hybridized carbons (Fsp3) is 0.375. The van der Waals surface area contributed by atoms with Gasteiger partial charge in [0.05, 0.1) is 17.6 Å². The highest BCUT2D eigenvalue weighted by molar-refractivity contribution is 5.84. The number of fused-ring (bicyclic) bond motifs is 1. The zero-order chi connectivity index (χ0) is 14.2. The van der Waals surface area contributed by atoms with E-state index in [0.29, 0.717) is 0 Å². The van der Waals surface area contributed by atoms with E-state index >= 15 is 0 Å². The van der Waals surface area contributed by atoms with Crippen LogP contribution in [0.1, 0.15) is 37.6 Å². The minimum absolute atomic E-state index is 0.118. The van der Waals surface area contributed by atoms with E-state index < -0.39 is 0 Å². The summed E-state index contributed by atoms with van der Waals surface area (Å²) in [7, 11) is 0. The summed E-state index contributed by atoms with van der Waals surface area (Å²) < 4.78 is 0. The maximum atomic E-state index is 11.0. The minimum Gasteiger partial charge on any atom is -0.369 e. The van der Waals surface area contributed by atoms with Crippen molar-refractivity contribution < 1.29 is 4.79 Å². The van der Waals surface area contributed by atoms with Gasteiger partial charge in [-0.05, 0) is 41.7 Å². The second kappa shape index (κ2) is 4.65. The average molecular weight is 256 g/mol. The molecule has 0 radical (unpaired) electrons. The van der Waals surface area contributed by atoms with Crippen LogP contribution in [-0.2, 0) is 16.6 Å². The molecule has 2 aromatic rings. The number of benzene rings is 1. The summed E-state index contributed by atoms with van der Waals surface area (Å²) in [6, 6.07) is 8.25. The van der Waals surface area contributed by atoms with Gasteiger partial charge >= 0.3 is 0 Å². The number of amides is 1. The monoisotopic (exact) mass is 256 g/mol. The van der Waals surface area contributed by atoms with Crippen molar-refractivity contribution in [2.45, 2.75) is 39.5 Å². The third-order valence-corrected chi connectivity index (χ3v) is 3.29. The van der Waals surface area contributed by atoms with Gasteiger partial charge in [0.2, 0.25) is 5.91 Å². The average Bonchev–Trinajstić information content (AvgIpc) is 2.26.